The van der Waals surface area contributed by atoms with E-state index in [1.165, 1.54) is 29.4 Å². The normalized spacial score (nSPS) is 12.3. The first kappa shape index (κ1) is 14.9. The number of hydrogen-bond acceptors (Lipinski definition) is 7. The summed E-state index contributed by atoms with van der Waals surface area (Å²) < 4.78 is 0. The number of H-pyrrole nitrogens is 1. The molecule has 2 rings (SSSR count). The monoisotopic (exact) mass is 312 g/mol. The molecule has 20 heavy (non-hydrogen) atoms. The average molecular weight is 312 g/mol. The average Bonchev–Trinajstić information content (AvgIpc) is 3.08. The Labute approximate surface area is 125 Å². The number of unbranched alkanes of at least 4 members (excludes halogenated alkanes) is 1. The molecular weight excluding hydrogens is 296 g/mol. The van der Waals surface area contributed by atoms with Crippen molar-refractivity contribution < 1.29 is 4.79 Å². The first-order valence-corrected chi connectivity index (χ1v) is 8.04. The van der Waals surface area contributed by atoms with Crippen molar-refractivity contribution in [2.45, 2.75) is 43.5 Å². The van der Waals surface area contributed by atoms with E-state index in [1.54, 1.807) is 0 Å². The number of nitrogens with zero attached hydrogens (tertiary/aromatic N) is 4. The van der Waals surface area contributed by atoms with Crippen molar-refractivity contribution in [3.8, 4) is 0 Å². The number of aryl methyl sites for hydroxylation is 1. The van der Waals surface area contributed by atoms with Gasteiger partial charge in [0.25, 0.3) is 0 Å². The van der Waals surface area contributed by atoms with Gasteiger partial charge in [-0.15, -0.1) is 10.2 Å². The van der Waals surface area contributed by atoms with Crippen molar-refractivity contribution in [2.75, 3.05) is 5.32 Å². The smallest absolute Gasteiger partial charge is 0.239 e. The molecule has 0 saturated heterocycles. The Morgan fingerprint density at radius 1 is 1.55 bits per heavy atom. The molecule has 1 amide bonds. The molecular formula is C11H16N6OS2. The van der Waals surface area contributed by atoms with E-state index in [1.807, 2.05) is 6.92 Å². The topological polar surface area (TPSA) is 96.5 Å². The van der Waals surface area contributed by atoms with Crippen molar-refractivity contribution in [3.05, 3.63) is 11.3 Å². The molecule has 7 nitrogen and oxygen atoms in total. The van der Waals surface area contributed by atoms with Gasteiger partial charge in [0.1, 0.15) is 11.3 Å². The minimum atomic E-state index is -0.286. The zero-order valence-corrected chi connectivity index (χ0v) is 12.9. The molecule has 0 saturated carbocycles. The second-order valence-electron chi connectivity index (χ2n) is 4.14. The van der Waals surface area contributed by atoms with Crippen molar-refractivity contribution in [1.29, 1.82) is 0 Å². The minimum Gasteiger partial charge on any atom is -0.300 e. The molecule has 2 aromatic heterocycles. The Hall–Kier alpha value is -1.48. The lowest BCUT2D eigenvalue weighted by atomic mass is 10.3. The van der Waals surface area contributed by atoms with Crippen LogP contribution in [0.4, 0.5) is 5.13 Å². The zero-order chi connectivity index (χ0) is 14.4. The van der Waals surface area contributed by atoms with Gasteiger partial charge >= 0.3 is 0 Å². The van der Waals surface area contributed by atoms with E-state index in [9.17, 15) is 4.79 Å². The SMILES string of the molecule is CCCCc1nnc(NC(=O)C(C)Sc2ncn[nH]2)s1. The summed E-state index contributed by atoms with van der Waals surface area (Å²) in [5.41, 5.74) is 0. The third kappa shape index (κ3) is 4.27. The lowest BCUT2D eigenvalue weighted by Gasteiger charge is -2.07. The second kappa shape index (κ2) is 7.34. The lowest BCUT2D eigenvalue weighted by Crippen LogP contribution is -2.22. The van der Waals surface area contributed by atoms with Gasteiger partial charge in [-0.05, 0) is 13.3 Å². The number of aromatic nitrogens is 5. The molecule has 0 aromatic carbocycles. The van der Waals surface area contributed by atoms with E-state index in [-0.39, 0.29) is 11.2 Å². The predicted molar refractivity (Wildman–Crippen MR) is 78.9 cm³/mol. The second-order valence-corrected chi connectivity index (χ2v) is 6.54. The number of amides is 1. The summed E-state index contributed by atoms with van der Waals surface area (Å²) in [6, 6.07) is 0. The maximum atomic E-state index is 12.0. The summed E-state index contributed by atoms with van der Waals surface area (Å²) in [4.78, 5) is 16.0. The van der Waals surface area contributed by atoms with Crippen molar-refractivity contribution in [1.82, 2.24) is 25.4 Å². The fraction of sp³-hybridized carbons (Fsp3) is 0.545. The van der Waals surface area contributed by atoms with Gasteiger partial charge in [-0.25, -0.2) is 4.98 Å². The fourth-order valence-corrected chi connectivity index (χ4v) is 2.91. The van der Waals surface area contributed by atoms with Crippen LogP contribution in [-0.2, 0) is 11.2 Å². The van der Waals surface area contributed by atoms with Crippen molar-refractivity contribution in [3.63, 3.8) is 0 Å². The molecule has 1 unspecified atom stereocenters. The number of hydrogen-bond donors (Lipinski definition) is 2. The van der Waals surface area contributed by atoms with E-state index in [4.69, 9.17) is 0 Å². The molecule has 2 aromatic rings. The zero-order valence-electron chi connectivity index (χ0n) is 11.3. The van der Waals surface area contributed by atoms with Gasteiger partial charge in [-0.2, -0.15) is 5.10 Å². The molecule has 108 valence electrons. The first-order valence-electron chi connectivity index (χ1n) is 6.34. The number of nitrogens with one attached hydrogen (secondary N) is 2. The van der Waals surface area contributed by atoms with Crippen LogP contribution in [0.3, 0.4) is 0 Å². The predicted octanol–water partition coefficient (Wildman–Crippen LogP) is 2.12. The molecule has 0 bridgehead atoms. The van der Waals surface area contributed by atoms with Gasteiger partial charge in [0.05, 0.1) is 5.25 Å². The number of carbonyl (C=O) groups is 1. The molecule has 0 aliphatic carbocycles. The Kier molecular flexibility index (Phi) is 5.48. The van der Waals surface area contributed by atoms with Crippen molar-refractivity contribution in [2.24, 2.45) is 0 Å². The summed E-state index contributed by atoms with van der Waals surface area (Å²) in [6.45, 7) is 3.94. The highest BCUT2D eigenvalue weighted by Gasteiger charge is 2.17. The van der Waals surface area contributed by atoms with Gasteiger partial charge in [0.2, 0.25) is 11.0 Å². The van der Waals surface area contributed by atoms with Crippen LogP contribution >= 0.6 is 23.1 Å². The molecule has 0 fully saturated rings. The van der Waals surface area contributed by atoms with Crippen LogP contribution in [0.5, 0.6) is 0 Å². The molecule has 1 atom stereocenters. The van der Waals surface area contributed by atoms with E-state index < -0.39 is 0 Å². The summed E-state index contributed by atoms with van der Waals surface area (Å²) in [6.07, 6.45) is 4.52. The molecule has 2 N–H and O–H groups in total. The number of thioether (sulfide) groups is 1. The van der Waals surface area contributed by atoms with Crippen LogP contribution in [-0.4, -0.2) is 36.5 Å². The largest absolute Gasteiger partial charge is 0.300 e. The van der Waals surface area contributed by atoms with Gasteiger partial charge in [0.15, 0.2) is 5.16 Å². The highest BCUT2D eigenvalue weighted by Crippen LogP contribution is 2.21. The van der Waals surface area contributed by atoms with Crippen LogP contribution in [0, 0.1) is 0 Å². The van der Waals surface area contributed by atoms with Gasteiger partial charge in [-0.1, -0.05) is 36.4 Å². The summed E-state index contributed by atoms with van der Waals surface area (Å²) in [7, 11) is 0. The van der Waals surface area contributed by atoms with Crippen LogP contribution < -0.4 is 5.32 Å². The first-order chi connectivity index (χ1) is 9.69. The third-order valence-electron chi connectivity index (χ3n) is 2.49. The molecule has 0 aliphatic rings. The molecule has 0 aliphatic heterocycles. The quantitative estimate of drug-likeness (QED) is 0.760. The number of aromatic amines is 1. The van der Waals surface area contributed by atoms with E-state index in [0.29, 0.717) is 10.3 Å². The van der Waals surface area contributed by atoms with Crippen molar-refractivity contribution >= 4 is 34.1 Å². The summed E-state index contributed by atoms with van der Waals surface area (Å²) in [5.74, 6) is -0.121. The van der Waals surface area contributed by atoms with E-state index in [2.05, 4.69) is 37.6 Å². The number of rotatable bonds is 7. The Bertz CT molecular complexity index is 541. The van der Waals surface area contributed by atoms with Gasteiger partial charge in [0, 0.05) is 6.42 Å². The Morgan fingerprint density at radius 3 is 3.10 bits per heavy atom. The van der Waals surface area contributed by atoms with Crippen LogP contribution in [0.1, 0.15) is 31.7 Å². The lowest BCUT2D eigenvalue weighted by molar-refractivity contribution is -0.115. The summed E-state index contributed by atoms with van der Waals surface area (Å²) >= 11 is 2.74. The third-order valence-corrected chi connectivity index (χ3v) is 4.38. The van der Waals surface area contributed by atoms with Gasteiger partial charge < -0.3 is 0 Å². The summed E-state index contributed by atoms with van der Waals surface area (Å²) in [5, 5.41) is 19.1. The molecule has 0 spiro atoms. The van der Waals surface area contributed by atoms with Gasteiger partial charge in [-0.3, -0.25) is 15.2 Å². The molecule has 2 heterocycles. The minimum absolute atomic E-state index is 0.121. The highest BCUT2D eigenvalue weighted by atomic mass is 32.2. The van der Waals surface area contributed by atoms with Crippen LogP contribution in [0.15, 0.2) is 11.5 Å². The number of carbonyl (C=O) groups excluding carboxylic acids is 1. The van der Waals surface area contributed by atoms with E-state index in [0.717, 1.165) is 24.3 Å². The van der Waals surface area contributed by atoms with Crippen LogP contribution in [0.25, 0.3) is 0 Å². The highest BCUT2D eigenvalue weighted by molar-refractivity contribution is 8.00. The Morgan fingerprint density at radius 2 is 2.40 bits per heavy atom. The molecule has 9 heteroatoms. The van der Waals surface area contributed by atoms with Crippen LogP contribution in [0.2, 0.25) is 0 Å². The van der Waals surface area contributed by atoms with E-state index >= 15 is 0 Å². The Balaban J connectivity index is 1.85. The standard InChI is InChI=1S/C11H16N6OS2/c1-3-4-5-8-15-17-11(20-8)14-9(18)7(2)19-10-12-6-13-16-10/h6-7H,3-5H2,1-2H3,(H,12,13,16)(H,14,17,18). The maximum absolute atomic E-state index is 12.0. The molecule has 0 radical (unpaired) electrons. The number of anilines is 1. The fourth-order valence-electron chi connectivity index (χ4n) is 1.41. The maximum Gasteiger partial charge on any atom is 0.239 e.